The van der Waals surface area contributed by atoms with Crippen molar-refractivity contribution in [3.05, 3.63) is 11.8 Å². The predicted molar refractivity (Wildman–Crippen MR) is 78.5 cm³/mol. The zero-order chi connectivity index (χ0) is 14.4. The van der Waals surface area contributed by atoms with Gasteiger partial charge in [0.1, 0.15) is 0 Å². The van der Waals surface area contributed by atoms with Crippen LogP contribution in [0.5, 0.6) is 5.88 Å². The van der Waals surface area contributed by atoms with Gasteiger partial charge >= 0.3 is 0 Å². The summed E-state index contributed by atoms with van der Waals surface area (Å²) in [5.41, 5.74) is 6.53. The largest absolute Gasteiger partial charge is 0.475 e. The Balaban J connectivity index is 2.84. The topological polar surface area (TPSA) is 73.1 Å². The van der Waals surface area contributed by atoms with Gasteiger partial charge in [-0.3, -0.25) is 0 Å². The van der Waals surface area contributed by atoms with E-state index in [1.54, 1.807) is 0 Å². The van der Waals surface area contributed by atoms with E-state index in [1.165, 1.54) is 0 Å². The second-order valence-corrected chi connectivity index (χ2v) is 5.41. The van der Waals surface area contributed by atoms with E-state index in [0.717, 1.165) is 12.1 Å². The van der Waals surface area contributed by atoms with Crippen molar-refractivity contribution in [3.63, 3.8) is 0 Å². The van der Waals surface area contributed by atoms with Gasteiger partial charge < -0.3 is 15.8 Å². The van der Waals surface area contributed by atoms with Crippen molar-refractivity contribution in [2.75, 3.05) is 11.9 Å². The van der Waals surface area contributed by atoms with Crippen LogP contribution in [-0.4, -0.2) is 28.7 Å². The average Bonchev–Trinajstić information content (AvgIpc) is 2.26. The molecule has 0 saturated carbocycles. The molecule has 0 bridgehead atoms. The third-order valence-electron chi connectivity index (χ3n) is 2.78. The molecule has 0 radical (unpaired) electrons. The lowest BCUT2D eigenvalue weighted by Gasteiger charge is -2.22. The molecule has 19 heavy (non-hydrogen) atoms. The molecule has 0 amide bonds. The van der Waals surface area contributed by atoms with Crippen LogP contribution in [0.25, 0.3) is 0 Å². The minimum Gasteiger partial charge on any atom is -0.475 e. The molecule has 0 aliphatic carbocycles. The molecule has 0 aromatic carbocycles. The number of hydrogen-bond donors (Lipinski definition) is 2. The van der Waals surface area contributed by atoms with E-state index >= 15 is 0 Å². The van der Waals surface area contributed by atoms with E-state index in [-0.39, 0.29) is 12.1 Å². The van der Waals surface area contributed by atoms with Gasteiger partial charge in [0.2, 0.25) is 11.8 Å². The number of aromatic nitrogens is 2. The Labute approximate surface area is 116 Å². The van der Waals surface area contributed by atoms with Crippen LogP contribution >= 0.6 is 0 Å². The highest BCUT2D eigenvalue weighted by molar-refractivity contribution is 5.32. The number of rotatable bonds is 7. The lowest BCUT2D eigenvalue weighted by Crippen LogP contribution is -2.29. The summed E-state index contributed by atoms with van der Waals surface area (Å²) in [6.45, 7) is 10.9. The Hall–Kier alpha value is -1.36. The SMILES string of the molecule is Cc1cc(OC(C)C)nc(NC(CCN)C(C)C)n1. The van der Waals surface area contributed by atoms with E-state index in [0.29, 0.717) is 24.3 Å². The van der Waals surface area contributed by atoms with Crippen LogP contribution in [0.2, 0.25) is 0 Å². The van der Waals surface area contributed by atoms with Crippen molar-refractivity contribution in [2.24, 2.45) is 11.7 Å². The summed E-state index contributed by atoms with van der Waals surface area (Å²) in [6, 6.07) is 2.12. The van der Waals surface area contributed by atoms with E-state index in [1.807, 2.05) is 26.8 Å². The second kappa shape index (κ2) is 7.28. The Morgan fingerprint density at radius 3 is 2.47 bits per heavy atom. The van der Waals surface area contributed by atoms with E-state index in [9.17, 15) is 0 Å². The first-order valence-electron chi connectivity index (χ1n) is 6.91. The molecule has 1 aromatic rings. The molecule has 1 unspecified atom stereocenters. The van der Waals surface area contributed by atoms with Crippen molar-refractivity contribution in [1.29, 1.82) is 0 Å². The minimum absolute atomic E-state index is 0.104. The third kappa shape index (κ3) is 5.42. The van der Waals surface area contributed by atoms with Crippen LogP contribution in [-0.2, 0) is 0 Å². The van der Waals surface area contributed by atoms with Crippen molar-refractivity contribution in [3.8, 4) is 5.88 Å². The molecule has 108 valence electrons. The smallest absolute Gasteiger partial charge is 0.226 e. The normalized spacial score (nSPS) is 12.8. The molecule has 1 atom stereocenters. The van der Waals surface area contributed by atoms with Crippen LogP contribution in [0.1, 0.15) is 39.8 Å². The molecule has 0 aliphatic rings. The van der Waals surface area contributed by atoms with Gasteiger partial charge in [0.15, 0.2) is 0 Å². The zero-order valence-electron chi connectivity index (χ0n) is 12.6. The molecule has 0 saturated heterocycles. The minimum atomic E-state index is 0.104. The molecule has 0 spiro atoms. The highest BCUT2D eigenvalue weighted by Gasteiger charge is 2.14. The molecule has 1 heterocycles. The van der Waals surface area contributed by atoms with Crippen molar-refractivity contribution < 1.29 is 4.74 Å². The molecular weight excluding hydrogens is 240 g/mol. The summed E-state index contributed by atoms with van der Waals surface area (Å²) < 4.78 is 5.62. The standard InChI is InChI=1S/C14H26N4O/c1-9(2)12(6-7-15)17-14-16-11(5)8-13(18-14)19-10(3)4/h8-10,12H,6-7,15H2,1-5H3,(H,16,17,18). The van der Waals surface area contributed by atoms with E-state index < -0.39 is 0 Å². The molecule has 0 fully saturated rings. The molecular formula is C14H26N4O. The molecule has 1 rings (SSSR count). The average molecular weight is 266 g/mol. The summed E-state index contributed by atoms with van der Waals surface area (Å²) in [6.07, 6.45) is 1.00. The van der Waals surface area contributed by atoms with Crippen molar-refractivity contribution in [2.45, 2.75) is 53.2 Å². The number of aryl methyl sites for hydroxylation is 1. The first kappa shape index (κ1) is 15.7. The van der Waals surface area contributed by atoms with Crippen LogP contribution < -0.4 is 15.8 Å². The van der Waals surface area contributed by atoms with Crippen molar-refractivity contribution in [1.82, 2.24) is 9.97 Å². The number of nitrogens with zero attached hydrogens (tertiary/aromatic N) is 2. The number of nitrogens with one attached hydrogen (secondary N) is 1. The maximum atomic E-state index is 5.64. The number of nitrogens with two attached hydrogens (primary N) is 1. The zero-order valence-corrected chi connectivity index (χ0v) is 12.6. The number of anilines is 1. The van der Waals surface area contributed by atoms with Gasteiger partial charge in [0, 0.05) is 17.8 Å². The summed E-state index contributed by atoms with van der Waals surface area (Å²) in [4.78, 5) is 8.80. The summed E-state index contributed by atoms with van der Waals surface area (Å²) in [7, 11) is 0. The Bertz CT molecular complexity index is 393. The van der Waals surface area contributed by atoms with Gasteiger partial charge in [-0.1, -0.05) is 13.8 Å². The molecule has 5 heteroatoms. The number of ether oxygens (including phenoxy) is 1. The van der Waals surface area contributed by atoms with Gasteiger partial charge in [0.05, 0.1) is 6.10 Å². The van der Waals surface area contributed by atoms with E-state index in [4.69, 9.17) is 10.5 Å². The summed E-state index contributed by atoms with van der Waals surface area (Å²) in [5, 5.41) is 3.35. The molecule has 1 aromatic heterocycles. The fourth-order valence-corrected chi connectivity index (χ4v) is 1.82. The molecule has 0 aliphatic heterocycles. The first-order chi connectivity index (χ1) is 8.92. The highest BCUT2D eigenvalue weighted by Crippen LogP contribution is 2.16. The first-order valence-corrected chi connectivity index (χ1v) is 6.91. The van der Waals surface area contributed by atoms with E-state index in [2.05, 4.69) is 29.1 Å². The summed E-state index contributed by atoms with van der Waals surface area (Å²) >= 11 is 0. The Morgan fingerprint density at radius 2 is 1.95 bits per heavy atom. The lowest BCUT2D eigenvalue weighted by atomic mass is 10.0. The van der Waals surface area contributed by atoms with Crippen molar-refractivity contribution >= 4 is 5.95 Å². The van der Waals surface area contributed by atoms with Crippen LogP contribution in [0.15, 0.2) is 6.07 Å². The fourth-order valence-electron chi connectivity index (χ4n) is 1.82. The van der Waals surface area contributed by atoms with Crippen LogP contribution in [0.4, 0.5) is 5.95 Å². The summed E-state index contributed by atoms with van der Waals surface area (Å²) in [5.74, 6) is 1.70. The quantitative estimate of drug-likeness (QED) is 0.792. The highest BCUT2D eigenvalue weighted by atomic mass is 16.5. The van der Waals surface area contributed by atoms with Gasteiger partial charge in [-0.2, -0.15) is 4.98 Å². The maximum Gasteiger partial charge on any atom is 0.226 e. The molecule has 3 N–H and O–H groups in total. The van der Waals surface area contributed by atoms with Gasteiger partial charge in [-0.15, -0.1) is 0 Å². The number of hydrogen-bond acceptors (Lipinski definition) is 5. The Morgan fingerprint density at radius 1 is 1.26 bits per heavy atom. The fraction of sp³-hybridized carbons (Fsp3) is 0.714. The molecule has 5 nitrogen and oxygen atoms in total. The lowest BCUT2D eigenvalue weighted by molar-refractivity contribution is 0.232. The monoisotopic (exact) mass is 266 g/mol. The van der Waals surface area contributed by atoms with Gasteiger partial charge in [-0.25, -0.2) is 4.98 Å². The van der Waals surface area contributed by atoms with Crippen LogP contribution in [0, 0.1) is 12.8 Å². The second-order valence-electron chi connectivity index (χ2n) is 5.41. The van der Waals surface area contributed by atoms with Gasteiger partial charge in [-0.05, 0) is 39.7 Å². The maximum absolute atomic E-state index is 5.64. The third-order valence-corrected chi connectivity index (χ3v) is 2.78. The predicted octanol–water partition coefficient (Wildman–Crippen LogP) is 2.36. The Kier molecular flexibility index (Phi) is 6.02. The van der Waals surface area contributed by atoms with Crippen LogP contribution in [0.3, 0.4) is 0 Å². The van der Waals surface area contributed by atoms with Gasteiger partial charge in [0.25, 0.3) is 0 Å².